The van der Waals surface area contributed by atoms with E-state index in [1.54, 1.807) is 24.3 Å². The van der Waals surface area contributed by atoms with Crippen LogP contribution in [0.25, 0.3) is 16.6 Å². The van der Waals surface area contributed by atoms with E-state index in [0.717, 1.165) is 16.8 Å². The summed E-state index contributed by atoms with van der Waals surface area (Å²) in [6, 6.07) is 12.6. The first-order valence-corrected chi connectivity index (χ1v) is 6.31. The Morgan fingerprint density at radius 1 is 0.950 bits per heavy atom. The van der Waals surface area contributed by atoms with Gasteiger partial charge in [-0.3, -0.25) is 0 Å². The van der Waals surface area contributed by atoms with Gasteiger partial charge in [-0.05, 0) is 43.2 Å². The highest BCUT2D eigenvalue weighted by molar-refractivity contribution is 5.79. The molecule has 20 heavy (non-hydrogen) atoms. The normalized spacial score (nSPS) is 10.9. The van der Waals surface area contributed by atoms with Crippen LogP contribution in [-0.4, -0.2) is 4.57 Å². The second-order valence-electron chi connectivity index (χ2n) is 4.73. The van der Waals surface area contributed by atoms with E-state index in [2.05, 4.69) is 0 Å². The molecule has 0 saturated heterocycles. The molecule has 0 aliphatic heterocycles. The largest absolute Gasteiger partial charge is 0.426 e. The highest BCUT2D eigenvalue weighted by Crippen LogP contribution is 2.19. The number of hydrogen-bond acceptors (Lipinski definition) is 3. The van der Waals surface area contributed by atoms with Crippen LogP contribution in [0.1, 0.15) is 11.1 Å². The minimum atomic E-state index is -0.664. The average molecular weight is 267 g/mol. The van der Waals surface area contributed by atoms with Gasteiger partial charge in [-0.2, -0.15) is 0 Å². The van der Waals surface area contributed by atoms with Crippen LogP contribution in [0.5, 0.6) is 0 Å². The topological polar surface area (TPSA) is 52.2 Å². The van der Waals surface area contributed by atoms with Crippen molar-refractivity contribution in [3.63, 3.8) is 0 Å². The number of aromatic nitrogens is 1. The standard InChI is InChI=1S/C16H13NO3/c1-10-6-5-9-13(11(10)2)17-14-8-4-3-7-12(14)15(18)20-16(17)19/h3-9H,1-2H3. The molecule has 0 bridgehead atoms. The second kappa shape index (κ2) is 4.49. The summed E-state index contributed by atoms with van der Waals surface area (Å²) in [6.45, 7) is 3.92. The molecule has 0 N–H and O–H groups in total. The van der Waals surface area contributed by atoms with Crippen molar-refractivity contribution in [1.82, 2.24) is 4.57 Å². The minimum Gasteiger partial charge on any atom is -0.372 e. The summed E-state index contributed by atoms with van der Waals surface area (Å²) in [6.07, 6.45) is 0. The summed E-state index contributed by atoms with van der Waals surface area (Å²) in [4.78, 5) is 23.9. The Labute approximate surface area is 114 Å². The first kappa shape index (κ1) is 12.4. The smallest absolute Gasteiger partial charge is 0.372 e. The molecule has 2 aromatic carbocycles. The molecule has 0 radical (unpaired) electrons. The summed E-state index contributed by atoms with van der Waals surface area (Å²) in [5.41, 5.74) is 2.74. The van der Waals surface area contributed by atoms with Crippen LogP contribution in [0.15, 0.2) is 56.5 Å². The molecule has 1 heterocycles. The van der Waals surface area contributed by atoms with Crippen molar-refractivity contribution < 1.29 is 4.42 Å². The molecule has 0 aliphatic rings. The monoisotopic (exact) mass is 267 g/mol. The molecule has 0 fully saturated rings. The minimum absolute atomic E-state index is 0.396. The van der Waals surface area contributed by atoms with Gasteiger partial charge in [0.05, 0.1) is 16.6 Å². The molecule has 3 aromatic rings. The van der Waals surface area contributed by atoms with Gasteiger partial charge in [-0.25, -0.2) is 14.2 Å². The van der Waals surface area contributed by atoms with E-state index in [-0.39, 0.29) is 0 Å². The fourth-order valence-electron chi connectivity index (χ4n) is 2.33. The fourth-order valence-corrected chi connectivity index (χ4v) is 2.33. The number of fused-ring (bicyclic) bond motifs is 1. The Morgan fingerprint density at radius 3 is 2.50 bits per heavy atom. The van der Waals surface area contributed by atoms with Crippen LogP contribution in [0.2, 0.25) is 0 Å². The predicted molar refractivity (Wildman–Crippen MR) is 77.6 cm³/mol. The second-order valence-corrected chi connectivity index (χ2v) is 4.73. The molecular weight excluding hydrogens is 254 g/mol. The van der Waals surface area contributed by atoms with Gasteiger partial charge < -0.3 is 4.42 Å². The van der Waals surface area contributed by atoms with Gasteiger partial charge in [-0.1, -0.05) is 24.3 Å². The van der Waals surface area contributed by atoms with Crippen molar-refractivity contribution in [2.75, 3.05) is 0 Å². The van der Waals surface area contributed by atoms with Crippen molar-refractivity contribution in [3.05, 3.63) is 74.6 Å². The molecule has 100 valence electrons. The maximum atomic E-state index is 12.1. The third-order valence-electron chi connectivity index (χ3n) is 3.54. The van der Waals surface area contributed by atoms with Gasteiger partial charge in [0.2, 0.25) is 0 Å². The first-order chi connectivity index (χ1) is 9.59. The third-order valence-corrected chi connectivity index (χ3v) is 3.54. The molecule has 4 heteroatoms. The van der Waals surface area contributed by atoms with Crippen LogP contribution in [-0.2, 0) is 0 Å². The first-order valence-electron chi connectivity index (χ1n) is 6.31. The zero-order valence-corrected chi connectivity index (χ0v) is 11.2. The number of rotatable bonds is 1. The highest BCUT2D eigenvalue weighted by Gasteiger charge is 2.12. The lowest BCUT2D eigenvalue weighted by atomic mass is 10.1. The number of para-hydroxylation sites is 1. The van der Waals surface area contributed by atoms with Crippen molar-refractivity contribution in [1.29, 1.82) is 0 Å². The zero-order chi connectivity index (χ0) is 14.3. The van der Waals surface area contributed by atoms with E-state index in [9.17, 15) is 9.59 Å². The summed E-state index contributed by atoms with van der Waals surface area (Å²) >= 11 is 0. The molecule has 1 aromatic heterocycles. The Hall–Kier alpha value is -2.62. The predicted octanol–water partition coefficient (Wildman–Crippen LogP) is 2.56. The van der Waals surface area contributed by atoms with E-state index in [1.165, 1.54) is 4.57 Å². The summed E-state index contributed by atoms with van der Waals surface area (Å²) in [5, 5.41) is 0.396. The van der Waals surface area contributed by atoms with E-state index < -0.39 is 11.4 Å². The van der Waals surface area contributed by atoms with E-state index in [0.29, 0.717) is 10.9 Å². The van der Waals surface area contributed by atoms with Crippen molar-refractivity contribution in [2.45, 2.75) is 13.8 Å². The van der Waals surface area contributed by atoms with Crippen LogP contribution < -0.4 is 11.4 Å². The Balaban J connectivity index is 2.52. The number of benzene rings is 2. The summed E-state index contributed by atoms with van der Waals surface area (Å²) in [5.74, 6) is -0.664. The molecule has 3 rings (SSSR count). The fraction of sp³-hybridized carbons (Fsp3) is 0.125. The van der Waals surface area contributed by atoms with Crippen LogP contribution in [0.4, 0.5) is 0 Å². The van der Waals surface area contributed by atoms with Gasteiger partial charge >= 0.3 is 11.4 Å². The summed E-state index contributed by atoms with van der Waals surface area (Å²) < 4.78 is 6.27. The van der Waals surface area contributed by atoms with Gasteiger partial charge in [-0.15, -0.1) is 0 Å². The average Bonchev–Trinajstić information content (AvgIpc) is 2.43. The molecule has 0 saturated carbocycles. The SMILES string of the molecule is Cc1cccc(-n2c(=O)oc(=O)c3ccccc32)c1C. The lowest BCUT2D eigenvalue weighted by Gasteiger charge is -2.12. The van der Waals surface area contributed by atoms with E-state index in [4.69, 9.17) is 4.42 Å². The Bertz CT molecular complexity index is 919. The molecule has 0 aliphatic carbocycles. The quantitative estimate of drug-likeness (QED) is 0.681. The summed E-state index contributed by atoms with van der Waals surface area (Å²) in [7, 11) is 0. The molecule has 0 spiro atoms. The van der Waals surface area contributed by atoms with Gasteiger partial charge in [0.1, 0.15) is 0 Å². The van der Waals surface area contributed by atoms with Crippen molar-refractivity contribution in [3.8, 4) is 5.69 Å². The molecular formula is C16H13NO3. The maximum absolute atomic E-state index is 12.1. The van der Waals surface area contributed by atoms with Gasteiger partial charge in [0.25, 0.3) is 0 Å². The van der Waals surface area contributed by atoms with Gasteiger partial charge in [0.15, 0.2) is 0 Å². The molecule has 0 unspecified atom stereocenters. The van der Waals surface area contributed by atoms with E-state index in [1.807, 2.05) is 32.0 Å². The zero-order valence-electron chi connectivity index (χ0n) is 11.2. The van der Waals surface area contributed by atoms with Crippen molar-refractivity contribution >= 4 is 10.9 Å². The lowest BCUT2D eigenvalue weighted by Crippen LogP contribution is -2.24. The van der Waals surface area contributed by atoms with Crippen molar-refractivity contribution in [2.24, 2.45) is 0 Å². The molecule has 0 atom stereocenters. The number of hydrogen-bond donors (Lipinski definition) is 0. The highest BCUT2D eigenvalue weighted by atomic mass is 16.4. The van der Waals surface area contributed by atoms with Crippen LogP contribution in [0, 0.1) is 13.8 Å². The number of nitrogens with zero attached hydrogens (tertiary/aromatic N) is 1. The van der Waals surface area contributed by atoms with Gasteiger partial charge in [0, 0.05) is 0 Å². The lowest BCUT2D eigenvalue weighted by molar-refractivity contribution is 0.444. The molecule has 0 amide bonds. The third kappa shape index (κ3) is 1.77. The number of aryl methyl sites for hydroxylation is 1. The molecule has 4 nitrogen and oxygen atoms in total. The van der Waals surface area contributed by atoms with Crippen LogP contribution >= 0.6 is 0 Å². The Morgan fingerprint density at radius 2 is 1.70 bits per heavy atom. The Kier molecular flexibility index (Phi) is 2.79. The van der Waals surface area contributed by atoms with Crippen LogP contribution in [0.3, 0.4) is 0 Å². The van der Waals surface area contributed by atoms with E-state index >= 15 is 0 Å². The maximum Gasteiger partial charge on any atom is 0.426 e.